The second-order valence-corrected chi connectivity index (χ2v) is 20.4. The highest BCUT2D eigenvalue weighted by Crippen LogP contribution is 2.61. The van der Waals surface area contributed by atoms with Gasteiger partial charge in [0.1, 0.15) is 20.6 Å². The van der Waals surface area contributed by atoms with E-state index in [-0.39, 0.29) is 17.6 Å². The van der Waals surface area contributed by atoms with Crippen molar-refractivity contribution in [3.63, 3.8) is 0 Å². The quantitative estimate of drug-likeness (QED) is 0.244. The number of aromatic amines is 1. The van der Waals surface area contributed by atoms with Gasteiger partial charge in [0.2, 0.25) is 10.0 Å². The molecule has 4 bridgehead atoms. The van der Waals surface area contributed by atoms with E-state index in [1.54, 1.807) is 12.1 Å². The van der Waals surface area contributed by atoms with Crippen molar-refractivity contribution in [2.24, 2.45) is 17.8 Å². The molecule has 0 aliphatic heterocycles. The first kappa shape index (κ1) is 34.6. The van der Waals surface area contributed by atoms with Crippen LogP contribution in [0.25, 0.3) is 5.65 Å². The molecule has 0 spiro atoms. The Labute approximate surface area is 293 Å². The normalized spacial score (nSPS) is 31.9. The Morgan fingerprint density at radius 2 is 1.61 bits per heavy atom. The van der Waals surface area contributed by atoms with E-state index in [2.05, 4.69) is 27.2 Å². The van der Waals surface area contributed by atoms with E-state index in [1.807, 2.05) is 11.4 Å². The number of rotatable bonds is 11. The molecule has 15 heteroatoms. The summed E-state index contributed by atoms with van der Waals surface area (Å²) in [5.41, 5.74) is 0.654. The first-order valence-electron chi connectivity index (χ1n) is 17.3. The molecule has 12 nitrogen and oxygen atoms in total. The Bertz CT molecular complexity index is 1940. The summed E-state index contributed by atoms with van der Waals surface area (Å²) in [6.07, 6.45) is 11.7. The van der Waals surface area contributed by atoms with E-state index in [0.29, 0.717) is 34.4 Å². The SMILES string of the molecule is CC1(NC(=O)C(CCS(C)(=O)=O)Oc2ccc(NS(C)(=O)=O)cc2)CCCCC1(C)c1nnc2c(Cl)c(C34CC5CC(CC(C5)C3)C4)[nH]n12. The van der Waals surface area contributed by atoms with Gasteiger partial charge in [-0.2, -0.15) is 0 Å². The fraction of sp³-hybridized carbons (Fsp3) is 0.676. The zero-order valence-electron chi connectivity index (χ0n) is 28.6. The molecule has 0 saturated heterocycles. The van der Waals surface area contributed by atoms with Crippen LogP contribution in [0.15, 0.2) is 24.3 Å². The molecule has 1 aromatic carbocycles. The third kappa shape index (κ3) is 6.57. The van der Waals surface area contributed by atoms with Crippen molar-refractivity contribution in [3.05, 3.63) is 40.8 Å². The number of H-pyrrole nitrogens is 1. The fourth-order valence-electron chi connectivity index (χ4n) is 9.90. The largest absolute Gasteiger partial charge is 0.481 e. The number of aromatic nitrogens is 4. The lowest BCUT2D eigenvalue weighted by atomic mass is 9.49. The fourth-order valence-corrected chi connectivity index (χ4v) is 11.5. The number of nitrogens with one attached hydrogen (secondary N) is 3. The van der Waals surface area contributed by atoms with Crippen molar-refractivity contribution in [1.82, 2.24) is 25.1 Å². The van der Waals surface area contributed by atoms with Crippen LogP contribution in [0.1, 0.15) is 96.0 Å². The number of benzene rings is 1. The second-order valence-electron chi connectivity index (χ2n) is 16.0. The molecule has 1 amide bonds. The number of sulfone groups is 1. The third-order valence-corrected chi connectivity index (χ3v) is 14.0. The number of carbonyl (C=O) groups excluding carboxylic acids is 1. The maximum atomic E-state index is 14.1. The van der Waals surface area contributed by atoms with E-state index in [0.717, 1.165) is 74.5 Å². The average Bonchev–Trinajstić information content (AvgIpc) is 3.56. The van der Waals surface area contributed by atoms with Gasteiger partial charge < -0.3 is 10.1 Å². The smallest absolute Gasteiger partial charge is 0.261 e. The highest BCUT2D eigenvalue weighted by atomic mass is 35.5. The van der Waals surface area contributed by atoms with E-state index in [4.69, 9.17) is 21.4 Å². The van der Waals surface area contributed by atoms with Crippen molar-refractivity contribution in [2.45, 2.75) is 107 Å². The molecule has 49 heavy (non-hydrogen) atoms. The van der Waals surface area contributed by atoms with E-state index in [9.17, 15) is 21.6 Å². The first-order valence-corrected chi connectivity index (χ1v) is 21.7. The number of hydrogen-bond donors (Lipinski definition) is 3. The number of carbonyl (C=O) groups is 1. The van der Waals surface area contributed by atoms with Crippen LogP contribution in [0.5, 0.6) is 5.75 Å². The molecule has 5 aliphatic carbocycles. The summed E-state index contributed by atoms with van der Waals surface area (Å²) in [5.74, 6) is 2.61. The van der Waals surface area contributed by atoms with Gasteiger partial charge in [0.25, 0.3) is 5.91 Å². The number of ether oxygens (including phenoxy) is 1. The molecule has 268 valence electrons. The molecule has 5 aliphatic rings. The minimum absolute atomic E-state index is 0.0397. The van der Waals surface area contributed by atoms with Gasteiger partial charge >= 0.3 is 0 Å². The molecule has 3 N–H and O–H groups in total. The van der Waals surface area contributed by atoms with Gasteiger partial charge in [-0.1, -0.05) is 31.4 Å². The van der Waals surface area contributed by atoms with Gasteiger partial charge in [-0.3, -0.25) is 14.6 Å². The van der Waals surface area contributed by atoms with E-state index in [1.165, 1.54) is 31.4 Å². The van der Waals surface area contributed by atoms with E-state index >= 15 is 0 Å². The lowest BCUT2D eigenvalue weighted by Gasteiger charge is -2.56. The summed E-state index contributed by atoms with van der Waals surface area (Å²) in [4.78, 5) is 14.1. The number of hydrogen-bond acceptors (Lipinski definition) is 8. The number of fused-ring (bicyclic) bond motifs is 1. The van der Waals surface area contributed by atoms with Crippen LogP contribution in [-0.4, -0.2) is 72.5 Å². The standard InChI is InChI=1S/C34H47ClN6O6S2/c1-32(31-38-37-29-27(35)28(39-41(29)31)34-18-21-15-22(19-34)17-23(16-21)20-34)12-5-6-13-33(32,2)36-30(42)26(11-14-48(3,43)44)47-25-9-7-24(8-10-25)40-49(4,45)46/h7-10,21-23,26,39-40H,5-6,11-20H2,1-4H3,(H,36,42). The lowest BCUT2D eigenvalue weighted by molar-refractivity contribution is -0.131. The van der Waals surface area contributed by atoms with Crippen LogP contribution in [0.3, 0.4) is 0 Å². The summed E-state index contributed by atoms with van der Waals surface area (Å²) in [7, 11) is -6.87. The van der Waals surface area contributed by atoms with Crippen LogP contribution in [0.4, 0.5) is 5.69 Å². The minimum Gasteiger partial charge on any atom is -0.481 e. The number of sulfonamides is 1. The predicted octanol–water partition coefficient (Wildman–Crippen LogP) is 5.14. The molecule has 2 aromatic heterocycles. The maximum absolute atomic E-state index is 14.1. The highest BCUT2D eigenvalue weighted by molar-refractivity contribution is 7.92. The second kappa shape index (κ2) is 12.1. The Morgan fingerprint density at radius 3 is 2.20 bits per heavy atom. The topological polar surface area (TPSA) is 165 Å². The van der Waals surface area contributed by atoms with Crippen molar-refractivity contribution in [1.29, 1.82) is 0 Å². The van der Waals surface area contributed by atoms with Crippen molar-refractivity contribution >= 4 is 48.7 Å². The Morgan fingerprint density at radius 1 is 1.00 bits per heavy atom. The average molecular weight is 735 g/mol. The van der Waals surface area contributed by atoms with Crippen LogP contribution in [0, 0.1) is 17.8 Å². The lowest BCUT2D eigenvalue weighted by Crippen LogP contribution is -2.63. The summed E-state index contributed by atoms with van der Waals surface area (Å²) in [6.45, 7) is 4.14. The third-order valence-electron chi connectivity index (χ3n) is 12.1. The number of anilines is 1. The molecular formula is C34H47ClN6O6S2. The zero-order valence-corrected chi connectivity index (χ0v) is 31.0. The van der Waals surface area contributed by atoms with Crippen molar-refractivity contribution in [3.8, 4) is 5.75 Å². The number of amides is 1. The Balaban J connectivity index is 1.17. The molecule has 2 heterocycles. The van der Waals surface area contributed by atoms with Crippen LogP contribution >= 0.6 is 11.6 Å². The molecule has 5 saturated carbocycles. The number of halogens is 1. The molecule has 3 aromatic rings. The summed E-state index contributed by atoms with van der Waals surface area (Å²) < 4.78 is 58.1. The van der Waals surface area contributed by atoms with Gasteiger partial charge in [0.05, 0.1) is 23.1 Å². The number of nitrogens with zero attached hydrogens (tertiary/aromatic N) is 3. The summed E-state index contributed by atoms with van der Waals surface area (Å²) in [5, 5.41) is 17.0. The van der Waals surface area contributed by atoms with Crippen LogP contribution < -0.4 is 14.8 Å². The van der Waals surface area contributed by atoms with E-state index < -0.39 is 42.8 Å². The molecule has 0 radical (unpaired) electrons. The molecule has 5 fully saturated rings. The monoisotopic (exact) mass is 734 g/mol. The van der Waals surface area contributed by atoms with Crippen LogP contribution in [0.2, 0.25) is 5.02 Å². The Kier molecular flexibility index (Phi) is 8.58. The van der Waals surface area contributed by atoms with Crippen molar-refractivity contribution in [2.75, 3.05) is 23.0 Å². The summed E-state index contributed by atoms with van der Waals surface area (Å²) >= 11 is 7.15. The molecule has 8 rings (SSSR count). The van der Waals surface area contributed by atoms with Gasteiger partial charge in [0, 0.05) is 29.3 Å². The van der Waals surface area contributed by atoms with Gasteiger partial charge in [-0.05, 0) is 100 Å². The predicted molar refractivity (Wildman–Crippen MR) is 188 cm³/mol. The van der Waals surface area contributed by atoms with Gasteiger partial charge in [-0.15, -0.1) is 10.2 Å². The Hall–Kier alpha value is -2.84. The zero-order chi connectivity index (χ0) is 35.0. The highest BCUT2D eigenvalue weighted by Gasteiger charge is 2.55. The summed E-state index contributed by atoms with van der Waals surface area (Å²) in [6, 6.07) is 6.14. The van der Waals surface area contributed by atoms with Crippen molar-refractivity contribution < 1.29 is 26.4 Å². The van der Waals surface area contributed by atoms with Gasteiger partial charge in [-0.25, -0.2) is 21.4 Å². The van der Waals surface area contributed by atoms with Gasteiger partial charge in [0.15, 0.2) is 17.6 Å². The minimum atomic E-state index is -3.47. The first-order chi connectivity index (χ1) is 23.0. The molecule has 3 unspecified atom stereocenters. The molecule has 3 atom stereocenters. The van der Waals surface area contributed by atoms with Crippen LogP contribution in [-0.2, 0) is 35.5 Å². The maximum Gasteiger partial charge on any atom is 0.261 e. The molecular weight excluding hydrogens is 688 g/mol.